The predicted molar refractivity (Wildman–Crippen MR) is 60.4 cm³/mol. The molecule has 0 aliphatic heterocycles. The minimum atomic E-state index is 1.13. The summed E-state index contributed by atoms with van der Waals surface area (Å²) in [4.78, 5) is 1.31. The summed E-state index contributed by atoms with van der Waals surface area (Å²) in [6, 6.07) is 6.39. The maximum atomic E-state index is 4.32. The maximum absolute atomic E-state index is 4.32. The van der Waals surface area contributed by atoms with Crippen molar-refractivity contribution in [2.75, 3.05) is 0 Å². The van der Waals surface area contributed by atoms with E-state index in [1.807, 2.05) is 13.8 Å². The third-order valence-corrected chi connectivity index (χ3v) is 2.60. The lowest BCUT2D eigenvalue weighted by Crippen LogP contribution is -1.71. The third kappa shape index (κ3) is 2.07. The average Bonchev–Trinajstić information content (AvgIpc) is 2.51. The predicted octanol–water partition coefficient (Wildman–Crippen LogP) is 3.94. The number of aromatic nitrogens is 1. The van der Waals surface area contributed by atoms with Crippen LogP contribution < -0.4 is 0 Å². The lowest BCUT2D eigenvalue weighted by atomic mass is 10.2. The number of rotatable bonds is 0. The highest BCUT2D eigenvalue weighted by atomic mass is 32.1. The molecule has 1 aromatic heterocycles. The summed E-state index contributed by atoms with van der Waals surface area (Å²) in [7, 11) is 0. The summed E-state index contributed by atoms with van der Waals surface area (Å²) < 4.78 is 4.32. The summed E-state index contributed by atoms with van der Waals surface area (Å²) in [5.41, 5.74) is 2.41. The van der Waals surface area contributed by atoms with Gasteiger partial charge in [0.1, 0.15) is 0 Å². The highest BCUT2D eigenvalue weighted by molar-refractivity contribution is 7.07. The van der Waals surface area contributed by atoms with Crippen LogP contribution in [0.3, 0.4) is 0 Å². The van der Waals surface area contributed by atoms with E-state index in [4.69, 9.17) is 0 Å². The summed E-state index contributed by atoms with van der Waals surface area (Å²) in [5.74, 6) is 0. The second kappa shape index (κ2) is 4.38. The second-order valence-electron chi connectivity index (χ2n) is 2.76. The molecule has 0 saturated carbocycles. The van der Waals surface area contributed by atoms with Gasteiger partial charge < -0.3 is 0 Å². The molecule has 0 fully saturated rings. The first kappa shape index (κ1) is 10.2. The molecule has 0 amide bonds. The van der Waals surface area contributed by atoms with Crippen molar-refractivity contribution in [2.24, 2.45) is 0 Å². The van der Waals surface area contributed by atoms with Gasteiger partial charge in [-0.15, -0.1) is 0 Å². The van der Waals surface area contributed by atoms with Gasteiger partial charge in [-0.2, -0.15) is 4.37 Å². The standard InChI is InChI=1S/C9H9NS.C2H6/c1-6-3-4-8-7(2)11-10-9(8)5-6;1-2/h3-5H,1-2H3;1-2H3. The third-order valence-electron chi connectivity index (χ3n) is 1.81. The van der Waals surface area contributed by atoms with Gasteiger partial charge >= 0.3 is 0 Å². The zero-order valence-electron chi connectivity index (χ0n) is 8.59. The molecule has 0 atom stereocenters. The quantitative estimate of drug-likeness (QED) is 0.617. The Morgan fingerprint density at radius 1 is 1.15 bits per heavy atom. The van der Waals surface area contributed by atoms with E-state index >= 15 is 0 Å². The number of aryl methyl sites for hydroxylation is 2. The molecule has 0 bridgehead atoms. The molecule has 0 N–H and O–H groups in total. The Bertz CT molecular complexity index is 390. The minimum absolute atomic E-state index is 1.13. The van der Waals surface area contributed by atoms with Gasteiger partial charge in [0.2, 0.25) is 0 Å². The van der Waals surface area contributed by atoms with Crippen LogP contribution in [-0.2, 0) is 0 Å². The molecular formula is C11H15NS. The average molecular weight is 193 g/mol. The molecule has 1 nitrogen and oxygen atoms in total. The molecule has 0 spiro atoms. The monoisotopic (exact) mass is 193 g/mol. The van der Waals surface area contributed by atoms with Crippen LogP contribution in [-0.4, -0.2) is 4.37 Å². The van der Waals surface area contributed by atoms with Gasteiger partial charge in [0.15, 0.2) is 0 Å². The van der Waals surface area contributed by atoms with E-state index < -0.39 is 0 Å². The Kier molecular flexibility index (Phi) is 3.43. The Balaban J connectivity index is 0.000000396. The number of nitrogens with zero attached hydrogens (tertiary/aromatic N) is 1. The molecule has 70 valence electrons. The van der Waals surface area contributed by atoms with Crippen molar-refractivity contribution < 1.29 is 0 Å². The summed E-state index contributed by atoms with van der Waals surface area (Å²) >= 11 is 1.58. The zero-order valence-corrected chi connectivity index (χ0v) is 9.40. The van der Waals surface area contributed by atoms with Gasteiger partial charge in [0, 0.05) is 10.3 Å². The smallest absolute Gasteiger partial charge is 0.0846 e. The number of fused-ring (bicyclic) bond motifs is 1. The first-order chi connectivity index (χ1) is 6.27. The van der Waals surface area contributed by atoms with Crippen molar-refractivity contribution in [2.45, 2.75) is 27.7 Å². The molecular weight excluding hydrogens is 178 g/mol. The van der Waals surface area contributed by atoms with Crippen molar-refractivity contribution >= 4 is 22.4 Å². The van der Waals surface area contributed by atoms with Crippen molar-refractivity contribution in [3.05, 3.63) is 28.6 Å². The van der Waals surface area contributed by atoms with Crippen molar-refractivity contribution in [1.82, 2.24) is 4.37 Å². The van der Waals surface area contributed by atoms with Crippen LogP contribution in [0.5, 0.6) is 0 Å². The Morgan fingerprint density at radius 3 is 2.54 bits per heavy atom. The van der Waals surface area contributed by atoms with E-state index in [0.29, 0.717) is 0 Å². The Morgan fingerprint density at radius 2 is 1.85 bits per heavy atom. The molecule has 1 heterocycles. The number of hydrogen-bond donors (Lipinski definition) is 0. The fourth-order valence-electron chi connectivity index (χ4n) is 1.18. The second-order valence-corrected chi connectivity index (χ2v) is 3.74. The number of benzene rings is 1. The molecule has 2 aromatic rings. The van der Waals surface area contributed by atoms with E-state index in [0.717, 1.165) is 5.52 Å². The van der Waals surface area contributed by atoms with Crippen LogP contribution in [0.25, 0.3) is 10.9 Å². The fourth-order valence-corrected chi connectivity index (χ4v) is 1.84. The van der Waals surface area contributed by atoms with Gasteiger partial charge in [0.05, 0.1) is 5.52 Å². The minimum Gasteiger partial charge on any atom is -0.192 e. The van der Waals surface area contributed by atoms with E-state index in [1.165, 1.54) is 15.8 Å². The van der Waals surface area contributed by atoms with Crippen molar-refractivity contribution in [3.63, 3.8) is 0 Å². The Labute approximate surface area is 83.6 Å². The largest absolute Gasteiger partial charge is 0.192 e. The lowest BCUT2D eigenvalue weighted by molar-refractivity contribution is 1.49. The highest BCUT2D eigenvalue weighted by Gasteiger charge is 1.99. The van der Waals surface area contributed by atoms with Crippen molar-refractivity contribution in [1.29, 1.82) is 0 Å². The first-order valence-electron chi connectivity index (χ1n) is 4.60. The van der Waals surface area contributed by atoms with Crippen molar-refractivity contribution in [3.8, 4) is 0 Å². The van der Waals surface area contributed by atoms with E-state index in [9.17, 15) is 0 Å². The van der Waals surface area contributed by atoms with Crippen LogP contribution >= 0.6 is 11.5 Å². The normalized spacial score (nSPS) is 9.54. The molecule has 0 saturated heterocycles. The van der Waals surface area contributed by atoms with Gasteiger partial charge in [-0.3, -0.25) is 0 Å². The van der Waals surface area contributed by atoms with E-state index in [-0.39, 0.29) is 0 Å². The maximum Gasteiger partial charge on any atom is 0.0846 e. The molecule has 13 heavy (non-hydrogen) atoms. The summed E-state index contributed by atoms with van der Waals surface area (Å²) in [5, 5.41) is 1.29. The van der Waals surface area contributed by atoms with E-state index in [2.05, 4.69) is 36.4 Å². The van der Waals surface area contributed by atoms with Crippen LogP contribution in [0.15, 0.2) is 18.2 Å². The van der Waals surface area contributed by atoms with Gasteiger partial charge in [-0.25, -0.2) is 0 Å². The fraction of sp³-hybridized carbons (Fsp3) is 0.364. The molecule has 0 radical (unpaired) electrons. The topological polar surface area (TPSA) is 12.9 Å². The Hall–Kier alpha value is -0.890. The molecule has 0 unspecified atom stereocenters. The van der Waals surface area contributed by atoms with Gasteiger partial charge in [-0.1, -0.05) is 26.0 Å². The summed E-state index contributed by atoms with van der Waals surface area (Å²) in [6.07, 6.45) is 0. The van der Waals surface area contributed by atoms with Gasteiger partial charge in [-0.05, 0) is 37.0 Å². The SMILES string of the molecule is CC.Cc1ccc2c(C)snc2c1. The molecule has 1 aromatic carbocycles. The molecule has 0 aliphatic rings. The highest BCUT2D eigenvalue weighted by Crippen LogP contribution is 2.21. The lowest BCUT2D eigenvalue weighted by Gasteiger charge is -1.90. The number of hydrogen-bond acceptors (Lipinski definition) is 2. The molecule has 0 aliphatic carbocycles. The summed E-state index contributed by atoms with van der Waals surface area (Å²) in [6.45, 7) is 8.20. The van der Waals surface area contributed by atoms with Crippen LogP contribution in [0.4, 0.5) is 0 Å². The van der Waals surface area contributed by atoms with E-state index in [1.54, 1.807) is 11.5 Å². The van der Waals surface area contributed by atoms with Crippen LogP contribution in [0, 0.1) is 13.8 Å². The first-order valence-corrected chi connectivity index (χ1v) is 5.37. The van der Waals surface area contributed by atoms with Crippen LogP contribution in [0.2, 0.25) is 0 Å². The van der Waals surface area contributed by atoms with Gasteiger partial charge in [0.25, 0.3) is 0 Å². The zero-order chi connectivity index (χ0) is 9.84. The van der Waals surface area contributed by atoms with Crippen LogP contribution in [0.1, 0.15) is 24.3 Å². The molecule has 2 heteroatoms. The molecule has 2 rings (SSSR count).